The first-order valence-corrected chi connectivity index (χ1v) is 7.69. The number of hydrogen-bond donors (Lipinski definition) is 1. The Bertz CT molecular complexity index is 840. The molecule has 0 unspecified atom stereocenters. The van der Waals surface area contributed by atoms with Crippen LogP contribution in [0.1, 0.15) is 20.9 Å². The molecule has 5 heteroatoms. The number of pyridine rings is 1. The maximum Gasteiger partial charge on any atom is 0.293 e. The fourth-order valence-corrected chi connectivity index (χ4v) is 3.39. The van der Waals surface area contributed by atoms with Crippen LogP contribution in [0.4, 0.5) is 0 Å². The van der Waals surface area contributed by atoms with Gasteiger partial charge in [0, 0.05) is 10.9 Å². The molecule has 22 heavy (non-hydrogen) atoms. The monoisotopic (exact) mass is 310 g/mol. The van der Waals surface area contributed by atoms with E-state index in [1.54, 1.807) is 18.3 Å². The molecule has 1 N–H and O–H groups in total. The Hall–Kier alpha value is -2.53. The Kier molecular flexibility index (Phi) is 3.98. The number of aryl methyl sites for hydroxylation is 1. The summed E-state index contributed by atoms with van der Waals surface area (Å²) in [5, 5.41) is 3.65. The van der Waals surface area contributed by atoms with Crippen molar-refractivity contribution in [2.24, 2.45) is 0 Å². The van der Waals surface area contributed by atoms with Crippen LogP contribution in [0.15, 0.2) is 48.7 Å². The summed E-state index contributed by atoms with van der Waals surface area (Å²) in [6.45, 7) is 2.12. The van der Waals surface area contributed by atoms with E-state index in [1.807, 2.05) is 37.3 Å². The summed E-state index contributed by atoms with van der Waals surface area (Å²) < 4.78 is 1.01. The first kappa shape index (κ1) is 14.4. The fraction of sp³-hybridized carbons (Fsp3) is 0.118. The number of carbonyl (C=O) groups is 2. The van der Waals surface area contributed by atoms with Crippen molar-refractivity contribution in [1.82, 2.24) is 10.3 Å². The van der Waals surface area contributed by atoms with Crippen LogP contribution in [0.25, 0.3) is 10.1 Å². The summed E-state index contributed by atoms with van der Waals surface area (Å²) in [7, 11) is 0. The second-order valence-electron chi connectivity index (χ2n) is 4.89. The Morgan fingerprint density at radius 2 is 1.91 bits per heavy atom. The van der Waals surface area contributed by atoms with Gasteiger partial charge in [0.1, 0.15) is 0 Å². The van der Waals surface area contributed by atoms with E-state index >= 15 is 0 Å². The molecule has 0 atom stereocenters. The standard InChI is InChI=1S/C17H14N2O2S/c1-11-13-7-2-3-8-14(13)22-16(11)15(20)17(21)19-10-12-6-4-5-9-18-12/h2-9H,10H2,1H3,(H,19,21). The minimum Gasteiger partial charge on any atom is -0.344 e. The predicted octanol–water partition coefficient (Wildman–Crippen LogP) is 3.10. The maximum absolute atomic E-state index is 12.3. The average molecular weight is 310 g/mol. The molecule has 0 aliphatic rings. The molecule has 0 bridgehead atoms. The number of thiophene rings is 1. The van der Waals surface area contributed by atoms with E-state index < -0.39 is 11.7 Å². The van der Waals surface area contributed by atoms with E-state index in [-0.39, 0.29) is 6.54 Å². The largest absolute Gasteiger partial charge is 0.344 e. The van der Waals surface area contributed by atoms with Crippen molar-refractivity contribution in [3.05, 3.63) is 64.8 Å². The highest BCUT2D eigenvalue weighted by Crippen LogP contribution is 2.30. The quantitative estimate of drug-likeness (QED) is 0.595. The Labute approximate surface area is 131 Å². The lowest BCUT2D eigenvalue weighted by atomic mass is 10.1. The Balaban J connectivity index is 1.77. The molecule has 3 rings (SSSR count). The number of ketones is 1. The van der Waals surface area contributed by atoms with E-state index in [2.05, 4.69) is 10.3 Å². The molecule has 0 saturated heterocycles. The molecule has 0 aliphatic carbocycles. The van der Waals surface area contributed by atoms with Crippen LogP contribution >= 0.6 is 11.3 Å². The maximum atomic E-state index is 12.3. The number of amides is 1. The number of hydrogen-bond acceptors (Lipinski definition) is 4. The summed E-state index contributed by atoms with van der Waals surface area (Å²) in [5.41, 5.74) is 1.58. The van der Waals surface area contributed by atoms with Gasteiger partial charge in [-0.1, -0.05) is 24.3 Å². The number of benzene rings is 1. The molecule has 0 fully saturated rings. The Morgan fingerprint density at radius 1 is 1.14 bits per heavy atom. The number of carbonyl (C=O) groups excluding carboxylic acids is 2. The van der Waals surface area contributed by atoms with Gasteiger partial charge in [0.15, 0.2) is 0 Å². The van der Waals surface area contributed by atoms with E-state index in [1.165, 1.54) is 11.3 Å². The van der Waals surface area contributed by atoms with Crippen LogP contribution < -0.4 is 5.32 Å². The summed E-state index contributed by atoms with van der Waals surface area (Å²) in [6, 6.07) is 13.2. The van der Waals surface area contributed by atoms with Crippen molar-refractivity contribution >= 4 is 33.1 Å². The number of aromatic nitrogens is 1. The van der Waals surface area contributed by atoms with Gasteiger partial charge >= 0.3 is 0 Å². The highest BCUT2D eigenvalue weighted by atomic mass is 32.1. The van der Waals surface area contributed by atoms with Gasteiger partial charge in [-0.2, -0.15) is 0 Å². The number of nitrogens with zero attached hydrogens (tertiary/aromatic N) is 1. The van der Waals surface area contributed by atoms with Gasteiger partial charge in [0.25, 0.3) is 11.7 Å². The second-order valence-corrected chi connectivity index (χ2v) is 5.94. The third kappa shape index (κ3) is 2.76. The van der Waals surface area contributed by atoms with Gasteiger partial charge in [0.05, 0.1) is 17.1 Å². The second kappa shape index (κ2) is 6.07. The SMILES string of the molecule is Cc1c(C(=O)C(=O)NCc2ccccn2)sc2ccccc12. The minimum absolute atomic E-state index is 0.245. The summed E-state index contributed by atoms with van der Waals surface area (Å²) in [6.07, 6.45) is 1.65. The van der Waals surface area contributed by atoms with Crippen LogP contribution in [0, 0.1) is 6.92 Å². The lowest BCUT2D eigenvalue weighted by Gasteiger charge is -2.03. The van der Waals surface area contributed by atoms with E-state index in [0.29, 0.717) is 4.88 Å². The van der Waals surface area contributed by atoms with Crippen LogP contribution in [-0.4, -0.2) is 16.7 Å². The minimum atomic E-state index is -0.597. The first-order chi connectivity index (χ1) is 10.7. The zero-order chi connectivity index (χ0) is 15.5. The van der Waals surface area contributed by atoms with Crippen LogP contribution in [-0.2, 0) is 11.3 Å². The number of Topliss-reactive ketones (excluding diaryl/α,β-unsaturated/α-hetero) is 1. The lowest BCUT2D eigenvalue weighted by molar-refractivity contribution is -0.117. The van der Waals surface area contributed by atoms with Gasteiger partial charge in [-0.25, -0.2) is 0 Å². The summed E-state index contributed by atoms with van der Waals surface area (Å²) >= 11 is 1.36. The highest BCUT2D eigenvalue weighted by molar-refractivity contribution is 7.21. The smallest absolute Gasteiger partial charge is 0.293 e. The van der Waals surface area contributed by atoms with Gasteiger partial charge in [-0.05, 0) is 36.1 Å². The zero-order valence-electron chi connectivity index (χ0n) is 12.0. The molecule has 1 amide bonds. The van der Waals surface area contributed by atoms with Crippen LogP contribution in [0.5, 0.6) is 0 Å². The predicted molar refractivity (Wildman–Crippen MR) is 87.0 cm³/mol. The van der Waals surface area contributed by atoms with Crippen molar-refractivity contribution in [1.29, 1.82) is 0 Å². The van der Waals surface area contributed by atoms with Gasteiger partial charge in [0.2, 0.25) is 0 Å². The summed E-state index contributed by atoms with van der Waals surface area (Å²) in [4.78, 5) is 29.0. The average Bonchev–Trinajstić information content (AvgIpc) is 2.90. The van der Waals surface area contributed by atoms with E-state index in [4.69, 9.17) is 0 Å². The molecule has 3 aromatic rings. The number of nitrogens with one attached hydrogen (secondary N) is 1. The molecule has 1 aromatic carbocycles. The molecule has 4 nitrogen and oxygen atoms in total. The molecule has 0 aliphatic heterocycles. The third-order valence-corrected chi connectivity index (χ3v) is 4.68. The zero-order valence-corrected chi connectivity index (χ0v) is 12.8. The fourth-order valence-electron chi connectivity index (χ4n) is 2.25. The molecular formula is C17H14N2O2S. The van der Waals surface area contributed by atoms with Crippen molar-refractivity contribution in [2.45, 2.75) is 13.5 Å². The molecule has 2 aromatic heterocycles. The van der Waals surface area contributed by atoms with E-state index in [9.17, 15) is 9.59 Å². The molecule has 2 heterocycles. The van der Waals surface area contributed by atoms with Crippen molar-refractivity contribution in [3.63, 3.8) is 0 Å². The lowest BCUT2D eigenvalue weighted by Crippen LogP contribution is -2.30. The molecule has 0 radical (unpaired) electrons. The molecule has 110 valence electrons. The molecule has 0 spiro atoms. The Morgan fingerprint density at radius 3 is 2.64 bits per heavy atom. The van der Waals surface area contributed by atoms with Gasteiger partial charge in [-0.3, -0.25) is 14.6 Å². The van der Waals surface area contributed by atoms with Crippen molar-refractivity contribution in [2.75, 3.05) is 0 Å². The summed E-state index contributed by atoms with van der Waals surface area (Å²) in [5.74, 6) is -1.09. The van der Waals surface area contributed by atoms with Crippen LogP contribution in [0.3, 0.4) is 0 Å². The first-order valence-electron chi connectivity index (χ1n) is 6.87. The van der Waals surface area contributed by atoms with Crippen molar-refractivity contribution in [3.8, 4) is 0 Å². The number of rotatable bonds is 4. The van der Waals surface area contributed by atoms with Crippen molar-refractivity contribution < 1.29 is 9.59 Å². The highest BCUT2D eigenvalue weighted by Gasteiger charge is 2.21. The van der Waals surface area contributed by atoms with Gasteiger partial charge < -0.3 is 5.32 Å². The normalized spacial score (nSPS) is 10.6. The van der Waals surface area contributed by atoms with Gasteiger partial charge in [-0.15, -0.1) is 11.3 Å². The molecule has 0 saturated carbocycles. The molecular weight excluding hydrogens is 296 g/mol. The van der Waals surface area contributed by atoms with Crippen LogP contribution in [0.2, 0.25) is 0 Å². The topological polar surface area (TPSA) is 59.1 Å². The van der Waals surface area contributed by atoms with E-state index in [0.717, 1.165) is 21.3 Å². The number of fused-ring (bicyclic) bond motifs is 1. The third-order valence-electron chi connectivity index (χ3n) is 3.41.